The molecule has 0 radical (unpaired) electrons. The third-order valence-electron chi connectivity index (χ3n) is 2.81. The number of rotatable bonds is 2. The maximum Gasteiger partial charge on any atom is 0.239 e. The molecule has 0 bridgehead atoms. The molecule has 2 heterocycles. The molecule has 2 rings (SSSR count). The minimum atomic E-state index is 0.0168. The number of carbonyl (C=O) groups excluding carboxylic acids is 1. The van der Waals surface area contributed by atoms with Crippen molar-refractivity contribution in [3.63, 3.8) is 0 Å². The van der Waals surface area contributed by atoms with E-state index in [1.165, 1.54) is 6.33 Å². The Labute approximate surface area is 100 Å². The van der Waals surface area contributed by atoms with Crippen LogP contribution in [0.25, 0.3) is 0 Å². The first-order valence-corrected chi connectivity index (χ1v) is 5.71. The third kappa shape index (κ3) is 2.30. The van der Waals surface area contributed by atoms with Crippen LogP contribution in [0.3, 0.4) is 0 Å². The molecule has 0 unspecified atom stereocenters. The Morgan fingerprint density at radius 2 is 2.24 bits per heavy atom. The highest BCUT2D eigenvalue weighted by atomic mass is 16.2. The Morgan fingerprint density at radius 1 is 1.47 bits per heavy atom. The number of nitrogens with one attached hydrogen (secondary N) is 1. The standard InChI is InChI=1S/C11H17N5O/c1-7(2)9-10(12)14-6-15-11(9)16-4-3-13-8(17)5-16/h6-7H,3-5H2,1-2H3,(H,13,17)(H2,12,14,15). The molecule has 1 saturated heterocycles. The zero-order chi connectivity index (χ0) is 12.4. The molecule has 92 valence electrons. The summed E-state index contributed by atoms with van der Waals surface area (Å²) in [6.07, 6.45) is 1.45. The lowest BCUT2D eigenvalue weighted by Crippen LogP contribution is -2.48. The molecule has 3 N–H and O–H groups in total. The van der Waals surface area contributed by atoms with Crippen molar-refractivity contribution in [2.75, 3.05) is 30.3 Å². The molecule has 6 heteroatoms. The van der Waals surface area contributed by atoms with E-state index in [9.17, 15) is 4.79 Å². The normalized spacial score (nSPS) is 16.2. The van der Waals surface area contributed by atoms with Crippen molar-refractivity contribution in [3.05, 3.63) is 11.9 Å². The first-order chi connectivity index (χ1) is 8.09. The van der Waals surface area contributed by atoms with Crippen LogP contribution in [0, 0.1) is 0 Å². The number of amides is 1. The Morgan fingerprint density at radius 3 is 2.88 bits per heavy atom. The molecule has 0 aromatic carbocycles. The lowest BCUT2D eigenvalue weighted by atomic mass is 10.0. The van der Waals surface area contributed by atoms with Crippen LogP contribution in [-0.2, 0) is 4.79 Å². The molecule has 6 nitrogen and oxygen atoms in total. The quantitative estimate of drug-likeness (QED) is 0.760. The van der Waals surface area contributed by atoms with Gasteiger partial charge in [0.2, 0.25) is 5.91 Å². The first-order valence-electron chi connectivity index (χ1n) is 5.71. The van der Waals surface area contributed by atoms with Gasteiger partial charge < -0.3 is 16.0 Å². The summed E-state index contributed by atoms with van der Waals surface area (Å²) < 4.78 is 0. The highest BCUT2D eigenvalue weighted by Gasteiger charge is 2.22. The van der Waals surface area contributed by atoms with E-state index in [0.717, 1.165) is 17.9 Å². The van der Waals surface area contributed by atoms with Crippen LogP contribution < -0.4 is 16.0 Å². The van der Waals surface area contributed by atoms with Gasteiger partial charge in [-0.1, -0.05) is 13.8 Å². The maximum absolute atomic E-state index is 11.4. The van der Waals surface area contributed by atoms with E-state index in [-0.39, 0.29) is 11.8 Å². The molecule has 17 heavy (non-hydrogen) atoms. The maximum atomic E-state index is 11.4. The van der Waals surface area contributed by atoms with Gasteiger partial charge in [-0.05, 0) is 5.92 Å². The second kappa shape index (κ2) is 4.57. The van der Waals surface area contributed by atoms with Crippen molar-refractivity contribution in [3.8, 4) is 0 Å². The summed E-state index contributed by atoms with van der Waals surface area (Å²) in [5.74, 6) is 1.53. The fraction of sp³-hybridized carbons (Fsp3) is 0.545. The minimum absolute atomic E-state index is 0.0168. The average molecular weight is 235 g/mol. The molecule has 1 aromatic rings. The zero-order valence-electron chi connectivity index (χ0n) is 10.1. The zero-order valence-corrected chi connectivity index (χ0v) is 10.1. The number of hydrogen-bond acceptors (Lipinski definition) is 5. The van der Waals surface area contributed by atoms with Crippen molar-refractivity contribution in [1.29, 1.82) is 0 Å². The lowest BCUT2D eigenvalue weighted by molar-refractivity contribution is -0.120. The van der Waals surface area contributed by atoms with Crippen molar-refractivity contribution in [1.82, 2.24) is 15.3 Å². The monoisotopic (exact) mass is 235 g/mol. The summed E-state index contributed by atoms with van der Waals surface area (Å²) in [6, 6.07) is 0. The largest absolute Gasteiger partial charge is 0.383 e. The summed E-state index contributed by atoms with van der Waals surface area (Å²) in [5.41, 5.74) is 6.80. The van der Waals surface area contributed by atoms with Crippen LogP contribution in [0.4, 0.5) is 11.6 Å². The van der Waals surface area contributed by atoms with Crippen LogP contribution in [0.5, 0.6) is 0 Å². The molecule has 1 aliphatic rings. The molecule has 1 amide bonds. The van der Waals surface area contributed by atoms with E-state index in [0.29, 0.717) is 18.9 Å². The highest BCUT2D eigenvalue weighted by molar-refractivity contribution is 5.82. The van der Waals surface area contributed by atoms with Gasteiger partial charge in [-0.3, -0.25) is 4.79 Å². The van der Waals surface area contributed by atoms with E-state index in [1.807, 2.05) is 18.7 Å². The fourth-order valence-corrected chi connectivity index (χ4v) is 2.02. The van der Waals surface area contributed by atoms with Gasteiger partial charge in [-0.15, -0.1) is 0 Å². The van der Waals surface area contributed by atoms with Gasteiger partial charge in [0.05, 0.1) is 6.54 Å². The van der Waals surface area contributed by atoms with Gasteiger partial charge in [0.25, 0.3) is 0 Å². The van der Waals surface area contributed by atoms with E-state index in [2.05, 4.69) is 15.3 Å². The van der Waals surface area contributed by atoms with Gasteiger partial charge in [0.15, 0.2) is 0 Å². The Kier molecular flexibility index (Phi) is 3.12. The Hall–Kier alpha value is -1.85. The lowest BCUT2D eigenvalue weighted by Gasteiger charge is -2.30. The van der Waals surface area contributed by atoms with Crippen molar-refractivity contribution >= 4 is 17.5 Å². The molecule has 0 atom stereocenters. The third-order valence-corrected chi connectivity index (χ3v) is 2.81. The van der Waals surface area contributed by atoms with Crippen molar-refractivity contribution < 1.29 is 4.79 Å². The number of piperazine rings is 1. The second-order valence-electron chi connectivity index (χ2n) is 4.42. The summed E-state index contributed by atoms with van der Waals surface area (Å²) in [7, 11) is 0. The Bertz CT molecular complexity index is 432. The summed E-state index contributed by atoms with van der Waals surface area (Å²) in [6.45, 7) is 5.81. The summed E-state index contributed by atoms with van der Waals surface area (Å²) >= 11 is 0. The van der Waals surface area contributed by atoms with Crippen LogP contribution in [0.1, 0.15) is 25.3 Å². The van der Waals surface area contributed by atoms with Gasteiger partial charge >= 0.3 is 0 Å². The number of nitrogen functional groups attached to an aromatic ring is 1. The fourth-order valence-electron chi connectivity index (χ4n) is 2.02. The van der Waals surface area contributed by atoms with Gasteiger partial charge in [-0.25, -0.2) is 9.97 Å². The highest BCUT2D eigenvalue weighted by Crippen LogP contribution is 2.29. The predicted octanol–water partition coefficient (Wildman–Crippen LogP) is 0.118. The molecule has 1 aromatic heterocycles. The van der Waals surface area contributed by atoms with Gasteiger partial charge in [0.1, 0.15) is 18.0 Å². The molecule has 0 aliphatic carbocycles. The molecular weight excluding hydrogens is 218 g/mol. The molecule has 1 fully saturated rings. The van der Waals surface area contributed by atoms with Gasteiger partial charge in [0, 0.05) is 18.7 Å². The topological polar surface area (TPSA) is 84.1 Å². The number of hydrogen-bond donors (Lipinski definition) is 2. The van der Waals surface area contributed by atoms with Crippen LogP contribution >= 0.6 is 0 Å². The van der Waals surface area contributed by atoms with Crippen molar-refractivity contribution in [2.24, 2.45) is 0 Å². The second-order valence-corrected chi connectivity index (χ2v) is 4.42. The molecular formula is C11H17N5O. The summed E-state index contributed by atoms with van der Waals surface area (Å²) in [4.78, 5) is 21.6. The first kappa shape index (κ1) is 11.6. The number of carbonyl (C=O) groups is 1. The van der Waals surface area contributed by atoms with Crippen LogP contribution in [0.15, 0.2) is 6.33 Å². The van der Waals surface area contributed by atoms with E-state index in [4.69, 9.17) is 5.73 Å². The number of anilines is 2. The minimum Gasteiger partial charge on any atom is -0.383 e. The molecule has 1 aliphatic heterocycles. The smallest absolute Gasteiger partial charge is 0.239 e. The predicted molar refractivity (Wildman–Crippen MR) is 65.8 cm³/mol. The molecule has 0 saturated carbocycles. The Balaban J connectivity index is 2.37. The van der Waals surface area contributed by atoms with Crippen LogP contribution in [0.2, 0.25) is 0 Å². The summed E-state index contributed by atoms with van der Waals surface area (Å²) in [5, 5.41) is 2.79. The van der Waals surface area contributed by atoms with Crippen LogP contribution in [-0.4, -0.2) is 35.5 Å². The molecule has 0 spiro atoms. The van der Waals surface area contributed by atoms with E-state index >= 15 is 0 Å². The van der Waals surface area contributed by atoms with Crippen molar-refractivity contribution in [2.45, 2.75) is 19.8 Å². The number of nitrogens with zero attached hydrogens (tertiary/aromatic N) is 3. The van der Waals surface area contributed by atoms with E-state index < -0.39 is 0 Å². The number of aromatic nitrogens is 2. The van der Waals surface area contributed by atoms with Gasteiger partial charge in [-0.2, -0.15) is 0 Å². The average Bonchev–Trinajstić information content (AvgIpc) is 2.28. The number of nitrogens with two attached hydrogens (primary N) is 1. The SMILES string of the molecule is CC(C)c1c(N)ncnc1N1CCNC(=O)C1. The van der Waals surface area contributed by atoms with E-state index in [1.54, 1.807) is 0 Å².